The van der Waals surface area contributed by atoms with Crippen LogP contribution >= 0.6 is 11.6 Å². The maximum Gasteiger partial charge on any atom is 0.238 e. The van der Waals surface area contributed by atoms with Gasteiger partial charge in [0.25, 0.3) is 0 Å². The molecular formula is C7H7ClFeN2O2. The van der Waals surface area contributed by atoms with Gasteiger partial charge < -0.3 is 10.1 Å². The van der Waals surface area contributed by atoms with Crippen molar-refractivity contribution < 1.29 is 26.6 Å². The van der Waals surface area contributed by atoms with Crippen LogP contribution in [0.25, 0.3) is 0 Å². The maximum atomic E-state index is 10.1. The fourth-order valence-electron chi connectivity index (χ4n) is 0.747. The van der Waals surface area contributed by atoms with E-state index in [0.717, 1.165) is 0 Å². The molecule has 1 aromatic rings. The summed E-state index contributed by atoms with van der Waals surface area (Å²) in [5.41, 5.74) is 0.497. The van der Waals surface area contributed by atoms with Crippen LogP contribution in [0.2, 0.25) is 5.15 Å². The van der Waals surface area contributed by atoms with E-state index in [1.807, 2.05) is 0 Å². The number of hydrogen-bond acceptors (Lipinski definition) is 3. The molecule has 0 saturated carbocycles. The molecular weight excluding hydrogens is 235 g/mol. The Morgan fingerprint density at radius 1 is 1.62 bits per heavy atom. The molecule has 1 rings (SSSR count). The second kappa shape index (κ2) is 5.80. The number of anilines is 1. The number of methoxy groups -OCH3 is 1. The fraction of sp³-hybridized carbons (Fsp3) is 0.143. The summed E-state index contributed by atoms with van der Waals surface area (Å²) in [4.78, 5) is 13.9. The van der Waals surface area contributed by atoms with Crippen LogP contribution in [0.1, 0.15) is 0 Å². The Labute approximate surface area is 91.1 Å². The van der Waals surface area contributed by atoms with Gasteiger partial charge in [0, 0.05) is 17.1 Å². The summed E-state index contributed by atoms with van der Waals surface area (Å²) in [5.74, 6) is 0.301. The number of carbonyl (C=O) groups excluding carboxylic acids is 1. The predicted molar refractivity (Wildman–Crippen MR) is 45.5 cm³/mol. The Kier molecular flexibility index (Phi) is 5.46. The molecule has 6 heteroatoms. The first-order valence-corrected chi connectivity index (χ1v) is 3.56. The zero-order chi connectivity index (χ0) is 8.97. The van der Waals surface area contributed by atoms with Gasteiger partial charge in [0.2, 0.25) is 12.3 Å². The first kappa shape index (κ1) is 12.2. The van der Waals surface area contributed by atoms with Crippen LogP contribution in [0.5, 0.6) is 5.88 Å². The molecule has 0 aliphatic carbocycles. The van der Waals surface area contributed by atoms with Crippen molar-refractivity contribution in [1.29, 1.82) is 0 Å². The van der Waals surface area contributed by atoms with Crippen LogP contribution < -0.4 is 10.1 Å². The third kappa shape index (κ3) is 3.22. The molecule has 4 nitrogen and oxygen atoms in total. The normalized spacial score (nSPS) is 8.46. The average molecular weight is 242 g/mol. The molecule has 0 unspecified atom stereocenters. The topological polar surface area (TPSA) is 51.2 Å². The van der Waals surface area contributed by atoms with Crippen LogP contribution in [-0.2, 0) is 21.9 Å². The summed E-state index contributed by atoms with van der Waals surface area (Å²) in [7, 11) is 1.45. The van der Waals surface area contributed by atoms with Crippen molar-refractivity contribution in [2.75, 3.05) is 12.4 Å². The number of nitrogens with one attached hydrogen (secondary N) is 1. The van der Waals surface area contributed by atoms with E-state index in [1.54, 1.807) is 12.1 Å². The molecule has 0 spiro atoms. The van der Waals surface area contributed by atoms with Crippen molar-refractivity contribution in [2.45, 2.75) is 0 Å². The van der Waals surface area contributed by atoms with Crippen molar-refractivity contribution in [3.63, 3.8) is 0 Å². The third-order valence-electron chi connectivity index (χ3n) is 1.23. The zero-order valence-corrected chi connectivity index (χ0v) is 8.59. The molecule has 0 fully saturated rings. The number of rotatable bonds is 3. The van der Waals surface area contributed by atoms with E-state index >= 15 is 0 Å². The molecule has 13 heavy (non-hydrogen) atoms. The number of aromatic nitrogens is 1. The van der Waals surface area contributed by atoms with Gasteiger partial charge in [-0.2, -0.15) is 4.98 Å². The Morgan fingerprint density at radius 3 is 2.85 bits per heavy atom. The van der Waals surface area contributed by atoms with E-state index < -0.39 is 0 Å². The minimum atomic E-state index is 0. The number of amides is 1. The van der Waals surface area contributed by atoms with E-state index in [9.17, 15) is 4.79 Å². The van der Waals surface area contributed by atoms with Gasteiger partial charge in [0.05, 0.1) is 7.11 Å². The van der Waals surface area contributed by atoms with Gasteiger partial charge in [0.15, 0.2) is 0 Å². The molecule has 0 aliphatic rings. The van der Waals surface area contributed by atoms with E-state index in [0.29, 0.717) is 23.1 Å². The van der Waals surface area contributed by atoms with Crippen LogP contribution in [0.3, 0.4) is 0 Å². The van der Waals surface area contributed by atoms with Crippen molar-refractivity contribution in [3.05, 3.63) is 17.3 Å². The summed E-state index contributed by atoms with van der Waals surface area (Å²) in [6.07, 6.45) is 0.549. The molecule has 1 aromatic heterocycles. The van der Waals surface area contributed by atoms with Crippen LogP contribution in [0, 0.1) is 0 Å². The van der Waals surface area contributed by atoms with Crippen molar-refractivity contribution in [3.8, 4) is 5.88 Å². The van der Waals surface area contributed by atoms with E-state index in [-0.39, 0.29) is 17.1 Å². The molecule has 72 valence electrons. The average Bonchev–Trinajstić information content (AvgIpc) is 2.08. The molecule has 0 radical (unpaired) electrons. The van der Waals surface area contributed by atoms with Crippen LogP contribution in [0.15, 0.2) is 12.1 Å². The first-order valence-electron chi connectivity index (χ1n) is 3.18. The van der Waals surface area contributed by atoms with Gasteiger partial charge >= 0.3 is 0 Å². The minimum Gasteiger partial charge on any atom is -0.479 e. The third-order valence-corrected chi connectivity index (χ3v) is 1.44. The Hall–Kier alpha value is -0.771. The fourth-order valence-corrected chi connectivity index (χ4v) is 0.887. The SMILES string of the molecule is COc1nc(Cl)ccc1NC=O.[Fe]. The van der Waals surface area contributed by atoms with E-state index in [2.05, 4.69) is 10.3 Å². The summed E-state index contributed by atoms with van der Waals surface area (Å²) in [6.45, 7) is 0. The Bertz CT molecular complexity index is 296. The smallest absolute Gasteiger partial charge is 0.238 e. The minimum absolute atomic E-state index is 0. The maximum absolute atomic E-state index is 10.1. The van der Waals surface area contributed by atoms with Gasteiger partial charge in [-0.05, 0) is 12.1 Å². The molecule has 0 atom stereocenters. The molecule has 1 N–H and O–H groups in total. The Balaban J connectivity index is 0.00000144. The molecule has 1 heterocycles. The first-order chi connectivity index (χ1) is 5.77. The number of halogens is 1. The number of carbonyl (C=O) groups is 1. The molecule has 0 bridgehead atoms. The monoisotopic (exact) mass is 242 g/mol. The van der Waals surface area contributed by atoms with E-state index in [4.69, 9.17) is 16.3 Å². The van der Waals surface area contributed by atoms with Crippen LogP contribution in [-0.4, -0.2) is 18.5 Å². The van der Waals surface area contributed by atoms with E-state index in [1.165, 1.54) is 7.11 Å². The van der Waals surface area contributed by atoms with Gasteiger partial charge in [-0.25, -0.2) is 0 Å². The summed E-state index contributed by atoms with van der Waals surface area (Å²) in [6, 6.07) is 3.18. The number of pyridine rings is 1. The number of nitrogens with zero attached hydrogens (tertiary/aromatic N) is 1. The second-order valence-corrected chi connectivity index (χ2v) is 2.34. The predicted octanol–water partition coefficient (Wildman–Crippen LogP) is 1.31. The number of hydrogen-bond donors (Lipinski definition) is 1. The van der Waals surface area contributed by atoms with Crippen molar-refractivity contribution >= 4 is 23.7 Å². The molecule has 1 amide bonds. The summed E-state index contributed by atoms with van der Waals surface area (Å²) >= 11 is 5.59. The molecule has 0 aliphatic heterocycles. The van der Waals surface area contributed by atoms with Crippen LogP contribution in [0.4, 0.5) is 5.69 Å². The molecule has 0 saturated heterocycles. The Morgan fingerprint density at radius 2 is 2.31 bits per heavy atom. The zero-order valence-electron chi connectivity index (χ0n) is 6.73. The van der Waals surface area contributed by atoms with Gasteiger partial charge in [0.1, 0.15) is 10.8 Å². The van der Waals surface area contributed by atoms with Crippen molar-refractivity contribution in [1.82, 2.24) is 4.98 Å². The van der Waals surface area contributed by atoms with Gasteiger partial charge in [-0.15, -0.1) is 0 Å². The quantitative estimate of drug-likeness (QED) is 0.494. The summed E-state index contributed by atoms with van der Waals surface area (Å²) < 4.78 is 4.86. The second-order valence-electron chi connectivity index (χ2n) is 1.95. The number of ether oxygens (including phenoxy) is 1. The molecule has 0 aromatic carbocycles. The van der Waals surface area contributed by atoms with Gasteiger partial charge in [-0.1, -0.05) is 11.6 Å². The van der Waals surface area contributed by atoms with Gasteiger partial charge in [-0.3, -0.25) is 4.79 Å². The largest absolute Gasteiger partial charge is 0.479 e. The summed E-state index contributed by atoms with van der Waals surface area (Å²) in [5, 5.41) is 2.75. The van der Waals surface area contributed by atoms with Crippen molar-refractivity contribution in [2.24, 2.45) is 0 Å². The standard InChI is InChI=1S/C7H7ClN2O2.Fe/c1-12-7-5(9-4-11)2-3-6(8)10-7;/h2-4H,1H3,(H,9,11);.